The van der Waals surface area contributed by atoms with Gasteiger partial charge in [-0.25, -0.2) is 13.8 Å². The fraction of sp³-hybridized carbons (Fsp3) is 0.125. The van der Waals surface area contributed by atoms with Gasteiger partial charge >= 0.3 is 0 Å². The molecule has 118 valence electrons. The molecule has 0 spiro atoms. The largest absolute Gasteiger partial charge is 0.352 e. The van der Waals surface area contributed by atoms with Crippen LogP contribution in [0.3, 0.4) is 0 Å². The average molecular weight is 333 g/mol. The predicted molar refractivity (Wildman–Crippen MR) is 84.3 cm³/mol. The molecule has 7 heteroatoms. The number of rotatable bonds is 5. The van der Waals surface area contributed by atoms with Crippen molar-refractivity contribution < 1.29 is 13.6 Å². The normalized spacial score (nSPS) is 10.7. The average Bonchev–Trinajstić information content (AvgIpc) is 3.20. The molecular formula is C16H13F2N3OS. The smallest absolute Gasteiger partial charge is 0.251 e. The van der Waals surface area contributed by atoms with Gasteiger partial charge in [-0.2, -0.15) is 0 Å². The molecule has 3 aromatic rings. The van der Waals surface area contributed by atoms with Crippen LogP contribution in [-0.4, -0.2) is 22.4 Å². The van der Waals surface area contributed by atoms with E-state index in [0.717, 1.165) is 28.4 Å². The van der Waals surface area contributed by atoms with E-state index in [9.17, 15) is 13.6 Å². The fourth-order valence-corrected chi connectivity index (χ4v) is 2.93. The molecule has 3 rings (SSSR count). The van der Waals surface area contributed by atoms with Crippen LogP contribution in [0.15, 0.2) is 42.0 Å². The molecule has 0 aliphatic heterocycles. The quantitative estimate of drug-likeness (QED) is 0.752. The lowest BCUT2D eigenvalue weighted by atomic mass is 10.2. The maximum atomic E-state index is 13.1. The van der Waals surface area contributed by atoms with E-state index >= 15 is 0 Å². The van der Waals surface area contributed by atoms with Crippen molar-refractivity contribution in [1.29, 1.82) is 0 Å². The van der Waals surface area contributed by atoms with Gasteiger partial charge in [-0.1, -0.05) is 6.07 Å². The van der Waals surface area contributed by atoms with Crippen molar-refractivity contribution in [2.75, 3.05) is 6.54 Å². The Balaban J connectivity index is 1.61. The molecule has 0 bridgehead atoms. The minimum atomic E-state index is -1.04. The van der Waals surface area contributed by atoms with Gasteiger partial charge in [-0.15, -0.1) is 11.3 Å². The number of aromatic amines is 1. The van der Waals surface area contributed by atoms with E-state index in [4.69, 9.17) is 0 Å². The van der Waals surface area contributed by atoms with E-state index in [0.29, 0.717) is 13.0 Å². The van der Waals surface area contributed by atoms with E-state index < -0.39 is 17.5 Å². The van der Waals surface area contributed by atoms with E-state index in [1.165, 1.54) is 6.07 Å². The predicted octanol–water partition coefficient (Wildman–Crippen LogP) is 3.39. The van der Waals surface area contributed by atoms with Crippen LogP contribution in [0.5, 0.6) is 0 Å². The molecule has 2 aromatic heterocycles. The number of nitrogens with one attached hydrogen (secondary N) is 2. The first kappa shape index (κ1) is 15.4. The first-order chi connectivity index (χ1) is 11.1. The molecule has 1 amide bonds. The summed E-state index contributed by atoms with van der Waals surface area (Å²) in [5.74, 6) is -2.45. The third kappa shape index (κ3) is 3.45. The Morgan fingerprint density at radius 3 is 2.87 bits per heavy atom. The Bertz CT molecular complexity index is 815. The Hall–Kier alpha value is -2.54. The summed E-state index contributed by atoms with van der Waals surface area (Å²) in [6, 6.07) is 7.00. The van der Waals surface area contributed by atoms with Crippen molar-refractivity contribution >= 4 is 17.2 Å². The van der Waals surface area contributed by atoms with Crippen LogP contribution >= 0.6 is 11.3 Å². The number of carbonyl (C=O) groups is 1. The van der Waals surface area contributed by atoms with Gasteiger partial charge in [-0.05, 0) is 29.6 Å². The maximum Gasteiger partial charge on any atom is 0.251 e. The number of benzene rings is 1. The number of hydrogen-bond acceptors (Lipinski definition) is 3. The molecule has 0 saturated carbocycles. The van der Waals surface area contributed by atoms with E-state index in [-0.39, 0.29) is 5.56 Å². The number of carbonyl (C=O) groups excluding carboxylic acids is 1. The number of nitrogens with zero attached hydrogens (tertiary/aromatic N) is 1. The zero-order chi connectivity index (χ0) is 16.2. The van der Waals surface area contributed by atoms with Crippen LogP contribution in [0.25, 0.3) is 10.6 Å². The van der Waals surface area contributed by atoms with Gasteiger partial charge in [0.2, 0.25) is 0 Å². The summed E-state index contributed by atoms with van der Waals surface area (Å²) in [4.78, 5) is 20.3. The van der Waals surface area contributed by atoms with Gasteiger partial charge in [0.25, 0.3) is 5.91 Å². The minimum absolute atomic E-state index is 0.0898. The van der Waals surface area contributed by atoms with E-state index in [1.54, 1.807) is 17.7 Å². The number of hydrogen-bond donors (Lipinski definition) is 2. The zero-order valence-electron chi connectivity index (χ0n) is 12.0. The fourth-order valence-electron chi connectivity index (χ4n) is 2.18. The summed E-state index contributed by atoms with van der Waals surface area (Å²) < 4.78 is 26.0. The SMILES string of the molecule is O=C(NCCc1[nH]cnc1-c1cccs1)c1ccc(F)c(F)c1. The maximum absolute atomic E-state index is 13.1. The van der Waals surface area contributed by atoms with Crippen molar-refractivity contribution in [3.05, 3.63) is 64.9 Å². The van der Waals surface area contributed by atoms with E-state index in [1.807, 2.05) is 17.5 Å². The second-order valence-corrected chi connectivity index (χ2v) is 5.79. The highest BCUT2D eigenvalue weighted by Crippen LogP contribution is 2.25. The van der Waals surface area contributed by atoms with Crippen molar-refractivity contribution in [3.63, 3.8) is 0 Å². The van der Waals surface area contributed by atoms with Gasteiger partial charge < -0.3 is 10.3 Å². The van der Waals surface area contributed by atoms with Gasteiger partial charge in [-0.3, -0.25) is 4.79 Å². The molecular weight excluding hydrogens is 320 g/mol. The van der Waals surface area contributed by atoms with Gasteiger partial charge in [0, 0.05) is 24.2 Å². The molecule has 0 fully saturated rings. The van der Waals surface area contributed by atoms with Crippen molar-refractivity contribution in [3.8, 4) is 10.6 Å². The second-order valence-electron chi connectivity index (χ2n) is 4.84. The van der Waals surface area contributed by atoms with E-state index in [2.05, 4.69) is 15.3 Å². The number of amides is 1. The third-order valence-corrected chi connectivity index (χ3v) is 4.19. The first-order valence-electron chi connectivity index (χ1n) is 6.94. The van der Waals surface area contributed by atoms with Crippen LogP contribution < -0.4 is 5.32 Å². The lowest BCUT2D eigenvalue weighted by molar-refractivity contribution is 0.0953. The van der Waals surface area contributed by atoms with Crippen LogP contribution in [-0.2, 0) is 6.42 Å². The molecule has 2 heterocycles. The summed E-state index contributed by atoms with van der Waals surface area (Å²) in [5.41, 5.74) is 1.87. The molecule has 1 aromatic carbocycles. The molecule has 0 aliphatic rings. The molecule has 0 saturated heterocycles. The molecule has 4 nitrogen and oxygen atoms in total. The Morgan fingerprint density at radius 1 is 1.26 bits per heavy atom. The van der Waals surface area contributed by atoms with Gasteiger partial charge in [0.05, 0.1) is 11.2 Å². The monoisotopic (exact) mass is 333 g/mol. The van der Waals surface area contributed by atoms with Crippen LogP contribution in [0.4, 0.5) is 8.78 Å². The molecule has 0 radical (unpaired) electrons. The molecule has 0 atom stereocenters. The summed E-state index contributed by atoms with van der Waals surface area (Å²) >= 11 is 1.59. The molecule has 0 unspecified atom stereocenters. The lowest BCUT2D eigenvalue weighted by Crippen LogP contribution is -2.26. The number of aromatic nitrogens is 2. The number of thiophene rings is 1. The highest BCUT2D eigenvalue weighted by atomic mass is 32.1. The van der Waals surface area contributed by atoms with Gasteiger partial charge in [0.15, 0.2) is 11.6 Å². The Morgan fingerprint density at radius 2 is 2.13 bits per heavy atom. The number of H-pyrrole nitrogens is 1. The Labute approximate surface area is 135 Å². The molecule has 23 heavy (non-hydrogen) atoms. The van der Waals surface area contributed by atoms with Crippen molar-refractivity contribution in [1.82, 2.24) is 15.3 Å². The van der Waals surface area contributed by atoms with Crippen molar-refractivity contribution in [2.45, 2.75) is 6.42 Å². The lowest BCUT2D eigenvalue weighted by Gasteiger charge is -2.06. The summed E-state index contributed by atoms with van der Waals surface area (Å²) in [7, 11) is 0. The second kappa shape index (κ2) is 6.70. The third-order valence-electron chi connectivity index (χ3n) is 3.32. The molecule has 0 aliphatic carbocycles. The summed E-state index contributed by atoms with van der Waals surface area (Å²) in [5, 5.41) is 4.65. The zero-order valence-corrected chi connectivity index (χ0v) is 12.8. The first-order valence-corrected chi connectivity index (χ1v) is 7.82. The molecule has 2 N–H and O–H groups in total. The minimum Gasteiger partial charge on any atom is -0.352 e. The standard InChI is InChI=1S/C16H13F2N3OS/c17-11-4-3-10(8-12(11)18)16(22)19-6-5-13-15(21-9-20-13)14-2-1-7-23-14/h1-4,7-9H,5-6H2,(H,19,22)(H,20,21). The topological polar surface area (TPSA) is 57.8 Å². The Kier molecular flexibility index (Phi) is 4.47. The summed E-state index contributed by atoms with van der Waals surface area (Å²) in [6.45, 7) is 0.360. The number of halogens is 2. The van der Waals surface area contributed by atoms with Crippen LogP contribution in [0.1, 0.15) is 16.1 Å². The van der Waals surface area contributed by atoms with Gasteiger partial charge in [0.1, 0.15) is 5.69 Å². The number of imidazole rings is 1. The highest BCUT2D eigenvalue weighted by Gasteiger charge is 2.11. The highest BCUT2D eigenvalue weighted by molar-refractivity contribution is 7.13. The summed E-state index contributed by atoms with van der Waals surface area (Å²) in [6.07, 6.45) is 2.17. The van der Waals surface area contributed by atoms with Crippen LogP contribution in [0, 0.1) is 11.6 Å². The van der Waals surface area contributed by atoms with Crippen LogP contribution in [0.2, 0.25) is 0 Å². The van der Waals surface area contributed by atoms with Crippen molar-refractivity contribution in [2.24, 2.45) is 0 Å².